The molecule has 1 saturated heterocycles. The van der Waals surface area contributed by atoms with Gasteiger partial charge in [0.15, 0.2) is 0 Å². The Balaban J connectivity index is 1.76. The largest absolute Gasteiger partial charge is 0.381 e. The maximum Gasteiger partial charge on any atom is 0.0480 e. The Morgan fingerprint density at radius 2 is 1.23 bits per heavy atom. The Bertz CT molecular complexity index is 352. The summed E-state index contributed by atoms with van der Waals surface area (Å²) in [7, 11) is 0. The molecule has 0 amide bonds. The van der Waals surface area contributed by atoms with Crippen LogP contribution in [0.5, 0.6) is 0 Å². The van der Waals surface area contributed by atoms with E-state index in [1.807, 2.05) is 0 Å². The van der Waals surface area contributed by atoms with Crippen LogP contribution in [0.4, 0.5) is 0 Å². The third-order valence-electron chi connectivity index (χ3n) is 7.07. The van der Waals surface area contributed by atoms with Crippen molar-refractivity contribution >= 4 is 11.6 Å². The molecule has 0 aromatic rings. The summed E-state index contributed by atoms with van der Waals surface area (Å²) in [6, 6.07) is 0.739. The molecule has 1 heterocycles. The summed E-state index contributed by atoms with van der Waals surface area (Å²) in [5.41, 5.74) is 0. The molecule has 1 unspecified atom stereocenters. The molecule has 0 N–H and O–H groups in total. The number of ether oxygens (including phenoxy) is 1. The summed E-state index contributed by atoms with van der Waals surface area (Å²) < 4.78 is 5.96. The lowest BCUT2D eigenvalue weighted by molar-refractivity contribution is 0.0786. The van der Waals surface area contributed by atoms with Crippen LogP contribution in [0.15, 0.2) is 0 Å². The summed E-state index contributed by atoms with van der Waals surface area (Å²) >= 11 is 5.88. The quantitative estimate of drug-likeness (QED) is 0.112. The van der Waals surface area contributed by atoms with Gasteiger partial charge in [-0.15, -0.1) is 11.6 Å². The van der Waals surface area contributed by atoms with Gasteiger partial charge in [0.05, 0.1) is 0 Å². The molecule has 31 heavy (non-hydrogen) atoms. The van der Waals surface area contributed by atoms with Crippen LogP contribution in [0.25, 0.3) is 0 Å². The van der Waals surface area contributed by atoms with Crippen LogP contribution in [0.3, 0.4) is 0 Å². The van der Waals surface area contributed by atoms with Crippen molar-refractivity contribution in [1.82, 2.24) is 4.90 Å². The SMILES string of the molecule is CCCCCCCCCCCCCCCCCCOCCC1CCCCN1CCCCl. The fourth-order valence-electron chi connectivity index (χ4n) is 5.02. The molecule has 1 aliphatic heterocycles. The minimum Gasteiger partial charge on any atom is -0.381 e. The van der Waals surface area contributed by atoms with Crippen molar-refractivity contribution < 1.29 is 4.74 Å². The molecular weight excluding hydrogens is 402 g/mol. The smallest absolute Gasteiger partial charge is 0.0480 e. The van der Waals surface area contributed by atoms with Gasteiger partial charge in [0.1, 0.15) is 0 Å². The number of piperidine rings is 1. The number of unbranched alkanes of at least 4 members (excludes halogenated alkanes) is 15. The Morgan fingerprint density at radius 3 is 1.77 bits per heavy atom. The molecule has 0 saturated carbocycles. The van der Waals surface area contributed by atoms with Gasteiger partial charge in [-0.1, -0.05) is 110 Å². The van der Waals surface area contributed by atoms with E-state index in [1.165, 1.54) is 142 Å². The van der Waals surface area contributed by atoms with E-state index < -0.39 is 0 Å². The van der Waals surface area contributed by atoms with Crippen LogP contribution in [0, 0.1) is 0 Å². The second-order valence-electron chi connectivity index (χ2n) is 9.93. The average Bonchev–Trinajstić information content (AvgIpc) is 2.80. The predicted molar refractivity (Wildman–Crippen MR) is 140 cm³/mol. The van der Waals surface area contributed by atoms with E-state index in [0.29, 0.717) is 0 Å². The highest BCUT2D eigenvalue weighted by Gasteiger charge is 2.21. The molecule has 0 aromatic heterocycles. The van der Waals surface area contributed by atoms with Crippen LogP contribution >= 0.6 is 11.6 Å². The fourth-order valence-corrected chi connectivity index (χ4v) is 5.14. The predicted octanol–water partition coefficient (Wildman–Crippen LogP) is 9.14. The second-order valence-corrected chi connectivity index (χ2v) is 10.3. The van der Waals surface area contributed by atoms with Crippen LogP contribution in [-0.4, -0.2) is 43.1 Å². The van der Waals surface area contributed by atoms with E-state index in [2.05, 4.69) is 11.8 Å². The van der Waals surface area contributed by atoms with E-state index in [-0.39, 0.29) is 0 Å². The zero-order valence-electron chi connectivity index (χ0n) is 21.2. The van der Waals surface area contributed by atoms with Gasteiger partial charge in [0.2, 0.25) is 0 Å². The summed E-state index contributed by atoms with van der Waals surface area (Å²) in [5.74, 6) is 0.791. The van der Waals surface area contributed by atoms with Gasteiger partial charge in [-0.2, -0.15) is 0 Å². The lowest BCUT2D eigenvalue weighted by Crippen LogP contribution is -2.40. The lowest BCUT2D eigenvalue weighted by Gasteiger charge is -2.35. The van der Waals surface area contributed by atoms with Crippen molar-refractivity contribution in [2.24, 2.45) is 0 Å². The van der Waals surface area contributed by atoms with Gasteiger partial charge in [-0.25, -0.2) is 0 Å². The summed E-state index contributed by atoms with van der Waals surface area (Å²) in [6.07, 6.45) is 29.3. The number of hydrogen-bond donors (Lipinski definition) is 0. The first-order valence-electron chi connectivity index (χ1n) is 14.3. The zero-order chi connectivity index (χ0) is 22.2. The highest BCUT2D eigenvalue weighted by atomic mass is 35.5. The Labute approximate surface area is 201 Å². The summed E-state index contributed by atoms with van der Waals surface area (Å²) in [6.45, 7) is 6.65. The number of alkyl halides is 1. The molecule has 0 radical (unpaired) electrons. The third-order valence-corrected chi connectivity index (χ3v) is 7.33. The normalized spacial score (nSPS) is 17.4. The molecule has 1 fully saturated rings. The van der Waals surface area contributed by atoms with E-state index in [4.69, 9.17) is 16.3 Å². The first-order chi connectivity index (χ1) is 15.4. The van der Waals surface area contributed by atoms with E-state index in [1.54, 1.807) is 0 Å². The van der Waals surface area contributed by atoms with Crippen molar-refractivity contribution in [2.45, 2.75) is 148 Å². The van der Waals surface area contributed by atoms with E-state index in [0.717, 1.165) is 31.6 Å². The molecule has 186 valence electrons. The molecule has 0 spiro atoms. The minimum atomic E-state index is 0.739. The number of rotatable bonds is 23. The van der Waals surface area contributed by atoms with Gasteiger partial charge < -0.3 is 9.64 Å². The molecular formula is C28H56ClNO. The van der Waals surface area contributed by atoms with Gasteiger partial charge in [0, 0.05) is 25.1 Å². The topological polar surface area (TPSA) is 12.5 Å². The molecule has 1 aliphatic rings. The first-order valence-corrected chi connectivity index (χ1v) is 14.8. The summed E-state index contributed by atoms with van der Waals surface area (Å²) in [5, 5.41) is 0. The molecule has 1 rings (SSSR count). The molecule has 0 aromatic carbocycles. The van der Waals surface area contributed by atoms with E-state index >= 15 is 0 Å². The Hall–Kier alpha value is 0.210. The van der Waals surface area contributed by atoms with Crippen molar-refractivity contribution in [1.29, 1.82) is 0 Å². The number of halogens is 1. The zero-order valence-corrected chi connectivity index (χ0v) is 22.0. The molecule has 0 bridgehead atoms. The van der Waals surface area contributed by atoms with Gasteiger partial charge >= 0.3 is 0 Å². The highest BCUT2D eigenvalue weighted by molar-refractivity contribution is 6.17. The Kier molecular flexibility index (Phi) is 22.0. The lowest BCUT2D eigenvalue weighted by atomic mass is 9.99. The number of hydrogen-bond acceptors (Lipinski definition) is 2. The first kappa shape index (κ1) is 29.2. The van der Waals surface area contributed by atoms with Crippen LogP contribution in [0.2, 0.25) is 0 Å². The molecule has 1 atom stereocenters. The van der Waals surface area contributed by atoms with Gasteiger partial charge in [-0.05, 0) is 45.2 Å². The van der Waals surface area contributed by atoms with Crippen molar-refractivity contribution in [3.63, 3.8) is 0 Å². The van der Waals surface area contributed by atoms with Crippen molar-refractivity contribution in [2.75, 3.05) is 32.2 Å². The van der Waals surface area contributed by atoms with Crippen molar-refractivity contribution in [3.05, 3.63) is 0 Å². The summed E-state index contributed by atoms with van der Waals surface area (Å²) in [4.78, 5) is 2.66. The van der Waals surface area contributed by atoms with Gasteiger partial charge in [0.25, 0.3) is 0 Å². The monoisotopic (exact) mass is 457 g/mol. The van der Waals surface area contributed by atoms with Crippen LogP contribution in [0.1, 0.15) is 142 Å². The molecule has 0 aliphatic carbocycles. The molecule has 2 nitrogen and oxygen atoms in total. The standard InChI is InChI=1S/C28H56ClNO/c1-2-3-4-5-6-7-8-9-10-11-12-13-14-15-16-19-26-31-27-22-28-21-17-18-24-30(28)25-20-23-29/h28H,2-27H2,1H3. The number of nitrogens with zero attached hydrogens (tertiary/aromatic N) is 1. The van der Waals surface area contributed by atoms with Crippen LogP contribution < -0.4 is 0 Å². The maximum atomic E-state index is 5.96. The van der Waals surface area contributed by atoms with E-state index in [9.17, 15) is 0 Å². The average molecular weight is 458 g/mol. The fraction of sp³-hybridized carbons (Fsp3) is 1.00. The highest BCUT2D eigenvalue weighted by Crippen LogP contribution is 2.20. The maximum absolute atomic E-state index is 5.96. The third kappa shape index (κ3) is 18.3. The number of likely N-dealkylation sites (tertiary alicyclic amines) is 1. The van der Waals surface area contributed by atoms with Gasteiger partial charge in [-0.3, -0.25) is 0 Å². The minimum absolute atomic E-state index is 0.739. The van der Waals surface area contributed by atoms with Crippen molar-refractivity contribution in [3.8, 4) is 0 Å². The Morgan fingerprint density at radius 1 is 0.677 bits per heavy atom. The second kappa shape index (κ2) is 23.4. The molecule has 3 heteroatoms. The van der Waals surface area contributed by atoms with Crippen LogP contribution in [-0.2, 0) is 4.74 Å².